The van der Waals surface area contributed by atoms with Crippen LogP contribution in [0.2, 0.25) is 0 Å². The molecule has 0 radical (unpaired) electrons. The molecule has 1 atom stereocenters. The van der Waals surface area contributed by atoms with E-state index in [1.54, 1.807) is 4.68 Å². The first kappa shape index (κ1) is 14.9. The number of fused-ring (bicyclic) bond motifs is 1. The Balaban J connectivity index is 1.57. The van der Waals surface area contributed by atoms with E-state index in [2.05, 4.69) is 34.6 Å². The van der Waals surface area contributed by atoms with E-state index in [0.29, 0.717) is 5.56 Å². The fraction of sp³-hybridized carbons (Fsp3) is 0.316. The lowest BCUT2D eigenvalue weighted by molar-refractivity contribution is 0.0736. The predicted molar refractivity (Wildman–Crippen MR) is 92.7 cm³/mol. The van der Waals surface area contributed by atoms with Gasteiger partial charge in [0, 0.05) is 25.2 Å². The quantitative estimate of drug-likeness (QED) is 0.745. The maximum absolute atomic E-state index is 13.0. The second-order valence-corrected chi connectivity index (χ2v) is 6.40. The van der Waals surface area contributed by atoms with E-state index in [1.165, 1.54) is 5.56 Å². The summed E-state index contributed by atoms with van der Waals surface area (Å²) in [5, 5.41) is 8.12. The van der Waals surface area contributed by atoms with Crippen LogP contribution < -0.4 is 0 Å². The average molecular weight is 320 g/mol. The molecule has 1 amide bonds. The third-order valence-corrected chi connectivity index (χ3v) is 4.81. The van der Waals surface area contributed by atoms with Gasteiger partial charge in [-0.2, -0.15) is 0 Å². The summed E-state index contributed by atoms with van der Waals surface area (Å²) in [6, 6.07) is 16.3. The van der Waals surface area contributed by atoms with Crippen LogP contribution in [0.3, 0.4) is 0 Å². The molecule has 1 saturated heterocycles. The number of likely N-dealkylation sites (tertiary alicyclic amines) is 1. The normalized spacial score (nSPS) is 17.5. The Labute approximate surface area is 140 Å². The van der Waals surface area contributed by atoms with E-state index >= 15 is 0 Å². The molecule has 5 nitrogen and oxygen atoms in total. The summed E-state index contributed by atoms with van der Waals surface area (Å²) in [7, 11) is 1.85. The molecular formula is C19H20N4O. The molecule has 0 bridgehead atoms. The van der Waals surface area contributed by atoms with Gasteiger partial charge >= 0.3 is 0 Å². The fourth-order valence-electron chi connectivity index (χ4n) is 3.54. The third kappa shape index (κ3) is 2.66. The molecule has 0 saturated carbocycles. The minimum Gasteiger partial charge on any atom is -0.335 e. The van der Waals surface area contributed by atoms with Crippen LogP contribution in [-0.2, 0) is 13.5 Å². The molecule has 122 valence electrons. The molecule has 1 aliphatic rings. The van der Waals surface area contributed by atoms with Gasteiger partial charge in [-0.05, 0) is 43.0 Å². The highest BCUT2D eigenvalue weighted by Crippen LogP contribution is 2.24. The summed E-state index contributed by atoms with van der Waals surface area (Å²) in [6.45, 7) is 0.828. The topological polar surface area (TPSA) is 51.0 Å². The highest BCUT2D eigenvalue weighted by atomic mass is 16.2. The van der Waals surface area contributed by atoms with Crippen molar-refractivity contribution in [3.05, 3.63) is 59.7 Å². The van der Waals surface area contributed by atoms with Gasteiger partial charge in [-0.3, -0.25) is 4.79 Å². The number of rotatable bonds is 3. The van der Waals surface area contributed by atoms with Crippen molar-refractivity contribution in [3.63, 3.8) is 0 Å². The van der Waals surface area contributed by atoms with Gasteiger partial charge in [0.1, 0.15) is 5.52 Å². The smallest absolute Gasteiger partial charge is 0.254 e. The third-order valence-electron chi connectivity index (χ3n) is 4.81. The van der Waals surface area contributed by atoms with Gasteiger partial charge < -0.3 is 4.90 Å². The molecule has 2 heterocycles. The summed E-state index contributed by atoms with van der Waals surface area (Å²) in [5.41, 5.74) is 3.69. The Morgan fingerprint density at radius 3 is 2.88 bits per heavy atom. The van der Waals surface area contributed by atoms with Crippen molar-refractivity contribution in [3.8, 4) is 0 Å². The second kappa shape index (κ2) is 6.07. The first-order valence-electron chi connectivity index (χ1n) is 8.37. The SMILES string of the molecule is Cn1nnc2cc(C(=O)N3CCC[C@@H]3Cc3ccccc3)ccc21. The van der Waals surface area contributed by atoms with Crippen LogP contribution in [0.4, 0.5) is 0 Å². The number of carbonyl (C=O) groups is 1. The lowest BCUT2D eigenvalue weighted by Gasteiger charge is -2.25. The first-order valence-corrected chi connectivity index (χ1v) is 8.37. The van der Waals surface area contributed by atoms with E-state index in [-0.39, 0.29) is 11.9 Å². The van der Waals surface area contributed by atoms with Crippen molar-refractivity contribution in [2.75, 3.05) is 6.54 Å². The van der Waals surface area contributed by atoms with E-state index in [4.69, 9.17) is 0 Å². The Hall–Kier alpha value is -2.69. The molecule has 0 N–H and O–H groups in total. The standard InChI is InChI=1S/C19H20N4O/c1-22-18-10-9-15(13-17(18)20-21-22)19(24)23-11-5-8-16(23)12-14-6-3-2-4-7-14/h2-4,6-7,9-10,13,16H,5,8,11-12H2,1H3/t16-/m1/s1. The molecule has 1 fully saturated rings. The van der Waals surface area contributed by atoms with Crippen LogP contribution in [0.15, 0.2) is 48.5 Å². The van der Waals surface area contributed by atoms with Gasteiger partial charge in [0.05, 0.1) is 5.52 Å². The van der Waals surface area contributed by atoms with Crippen LogP contribution in [0.1, 0.15) is 28.8 Å². The number of hydrogen-bond acceptors (Lipinski definition) is 3. The van der Waals surface area contributed by atoms with Crippen molar-refractivity contribution in [2.24, 2.45) is 7.05 Å². The van der Waals surface area contributed by atoms with E-state index in [0.717, 1.165) is 36.8 Å². The average Bonchev–Trinajstić information content (AvgIpc) is 3.22. The van der Waals surface area contributed by atoms with Crippen molar-refractivity contribution in [1.82, 2.24) is 19.9 Å². The number of benzene rings is 2. The molecule has 1 aromatic heterocycles. The zero-order valence-electron chi connectivity index (χ0n) is 13.7. The Morgan fingerprint density at radius 1 is 1.21 bits per heavy atom. The number of aryl methyl sites for hydroxylation is 1. The Bertz CT molecular complexity index is 871. The zero-order valence-corrected chi connectivity index (χ0v) is 13.7. The number of amides is 1. The second-order valence-electron chi connectivity index (χ2n) is 6.40. The highest BCUT2D eigenvalue weighted by molar-refractivity contribution is 5.97. The van der Waals surface area contributed by atoms with Gasteiger partial charge in [0.2, 0.25) is 0 Å². The summed E-state index contributed by atoms with van der Waals surface area (Å²) >= 11 is 0. The number of carbonyl (C=O) groups excluding carboxylic acids is 1. The minimum atomic E-state index is 0.0981. The summed E-state index contributed by atoms with van der Waals surface area (Å²) in [6.07, 6.45) is 3.05. The van der Waals surface area contributed by atoms with Crippen molar-refractivity contribution < 1.29 is 4.79 Å². The molecule has 0 unspecified atom stereocenters. The largest absolute Gasteiger partial charge is 0.335 e. The Kier molecular flexibility index (Phi) is 3.76. The molecule has 5 heteroatoms. The fourth-order valence-corrected chi connectivity index (χ4v) is 3.54. The number of nitrogens with zero attached hydrogens (tertiary/aromatic N) is 4. The van der Waals surface area contributed by atoms with Crippen LogP contribution in [0, 0.1) is 0 Å². The van der Waals surface area contributed by atoms with Crippen LogP contribution in [0.25, 0.3) is 11.0 Å². The van der Waals surface area contributed by atoms with Gasteiger partial charge in [0.15, 0.2) is 0 Å². The molecule has 0 aliphatic carbocycles. The first-order chi connectivity index (χ1) is 11.7. The van der Waals surface area contributed by atoms with Crippen molar-refractivity contribution in [2.45, 2.75) is 25.3 Å². The van der Waals surface area contributed by atoms with Gasteiger partial charge in [-0.25, -0.2) is 4.68 Å². The maximum atomic E-state index is 13.0. The van der Waals surface area contributed by atoms with Gasteiger partial charge in [0.25, 0.3) is 5.91 Å². The molecule has 3 aromatic rings. The molecular weight excluding hydrogens is 300 g/mol. The van der Waals surface area contributed by atoms with Crippen molar-refractivity contribution in [1.29, 1.82) is 0 Å². The van der Waals surface area contributed by atoms with Gasteiger partial charge in [-0.15, -0.1) is 5.10 Å². The summed E-state index contributed by atoms with van der Waals surface area (Å²) in [5.74, 6) is 0.0981. The molecule has 2 aromatic carbocycles. The zero-order chi connectivity index (χ0) is 16.5. The molecule has 24 heavy (non-hydrogen) atoms. The van der Waals surface area contributed by atoms with Gasteiger partial charge in [-0.1, -0.05) is 35.5 Å². The highest BCUT2D eigenvalue weighted by Gasteiger charge is 2.29. The maximum Gasteiger partial charge on any atom is 0.254 e. The molecule has 1 aliphatic heterocycles. The minimum absolute atomic E-state index is 0.0981. The lowest BCUT2D eigenvalue weighted by atomic mass is 10.0. The van der Waals surface area contributed by atoms with Crippen LogP contribution >= 0.6 is 0 Å². The number of hydrogen-bond donors (Lipinski definition) is 0. The lowest BCUT2D eigenvalue weighted by Crippen LogP contribution is -2.36. The number of aromatic nitrogens is 3. The predicted octanol–water partition coefficient (Wildman–Crippen LogP) is 2.82. The summed E-state index contributed by atoms with van der Waals surface area (Å²) < 4.78 is 1.72. The Morgan fingerprint density at radius 2 is 2.04 bits per heavy atom. The van der Waals surface area contributed by atoms with E-state index in [1.807, 2.05) is 36.2 Å². The van der Waals surface area contributed by atoms with Crippen molar-refractivity contribution >= 4 is 16.9 Å². The molecule has 0 spiro atoms. The van der Waals surface area contributed by atoms with Crippen LogP contribution in [0.5, 0.6) is 0 Å². The summed E-state index contributed by atoms with van der Waals surface area (Å²) in [4.78, 5) is 15.0. The molecule has 4 rings (SSSR count). The monoisotopic (exact) mass is 320 g/mol. The van der Waals surface area contributed by atoms with E-state index < -0.39 is 0 Å². The van der Waals surface area contributed by atoms with E-state index in [9.17, 15) is 4.79 Å². The van der Waals surface area contributed by atoms with Crippen LogP contribution in [-0.4, -0.2) is 38.4 Å².